The van der Waals surface area contributed by atoms with Crippen molar-refractivity contribution in [2.75, 3.05) is 7.05 Å². The second-order valence-corrected chi connectivity index (χ2v) is 4.48. The zero-order chi connectivity index (χ0) is 10.7. The summed E-state index contributed by atoms with van der Waals surface area (Å²) in [4.78, 5) is 9.77. The number of thiazole rings is 1. The average molecular weight is 219 g/mol. The van der Waals surface area contributed by atoms with Gasteiger partial charge in [0.15, 0.2) is 0 Å². The number of nitrogens with one attached hydrogen (secondary N) is 1. The van der Waals surface area contributed by atoms with Crippen molar-refractivity contribution in [1.82, 2.24) is 15.3 Å². The SMILES string of the molecule is CNCc1nc(C)sc1-c1ccncc1. The van der Waals surface area contributed by atoms with E-state index in [0.717, 1.165) is 17.2 Å². The van der Waals surface area contributed by atoms with Gasteiger partial charge < -0.3 is 5.32 Å². The van der Waals surface area contributed by atoms with Gasteiger partial charge >= 0.3 is 0 Å². The minimum atomic E-state index is 0.808. The highest BCUT2D eigenvalue weighted by Crippen LogP contribution is 2.29. The number of aryl methyl sites for hydroxylation is 1. The van der Waals surface area contributed by atoms with E-state index < -0.39 is 0 Å². The first-order valence-corrected chi connectivity index (χ1v) is 5.64. The fraction of sp³-hybridized carbons (Fsp3) is 0.273. The number of aromatic nitrogens is 2. The summed E-state index contributed by atoms with van der Waals surface area (Å²) in [6, 6.07) is 4.04. The van der Waals surface area contributed by atoms with Crippen LogP contribution < -0.4 is 5.32 Å². The molecule has 0 aliphatic rings. The van der Waals surface area contributed by atoms with E-state index in [0.29, 0.717) is 0 Å². The minimum absolute atomic E-state index is 0.808. The van der Waals surface area contributed by atoms with Crippen LogP contribution in [0.4, 0.5) is 0 Å². The number of hydrogen-bond donors (Lipinski definition) is 1. The number of nitrogens with zero attached hydrogens (tertiary/aromatic N) is 2. The van der Waals surface area contributed by atoms with E-state index in [1.807, 2.05) is 38.5 Å². The maximum absolute atomic E-state index is 4.51. The Balaban J connectivity index is 2.43. The maximum atomic E-state index is 4.51. The van der Waals surface area contributed by atoms with E-state index in [1.54, 1.807) is 11.3 Å². The van der Waals surface area contributed by atoms with Crippen molar-refractivity contribution in [3.05, 3.63) is 35.2 Å². The van der Waals surface area contributed by atoms with Gasteiger partial charge in [-0.3, -0.25) is 4.98 Å². The van der Waals surface area contributed by atoms with Crippen LogP contribution in [-0.4, -0.2) is 17.0 Å². The Morgan fingerprint density at radius 1 is 1.33 bits per heavy atom. The largest absolute Gasteiger partial charge is 0.314 e. The van der Waals surface area contributed by atoms with Gasteiger partial charge in [-0.1, -0.05) is 0 Å². The molecule has 0 atom stereocenters. The zero-order valence-electron chi connectivity index (χ0n) is 8.82. The van der Waals surface area contributed by atoms with Crippen LogP contribution in [0.5, 0.6) is 0 Å². The van der Waals surface area contributed by atoms with Crippen LogP contribution in [0.3, 0.4) is 0 Å². The molecule has 0 radical (unpaired) electrons. The highest BCUT2D eigenvalue weighted by Gasteiger charge is 2.09. The monoisotopic (exact) mass is 219 g/mol. The van der Waals surface area contributed by atoms with Gasteiger partial charge in [0, 0.05) is 18.9 Å². The first-order chi connectivity index (χ1) is 7.31. The molecule has 0 aromatic carbocycles. The molecule has 0 saturated heterocycles. The normalized spacial score (nSPS) is 10.5. The lowest BCUT2D eigenvalue weighted by molar-refractivity contribution is 0.796. The highest BCUT2D eigenvalue weighted by molar-refractivity contribution is 7.15. The molecule has 2 rings (SSSR count). The minimum Gasteiger partial charge on any atom is -0.314 e. The summed E-state index contributed by atoms with van der Waals surface area (Å²) in [6.07, 6.45) is 3.63. The molecular formula is C11H13N3S. The molecule has 2 aromatic heterocycles. The van der Waals surface area contributed by atoms with Gasteiger partial charge in [-0.2, -0.15) is 0 Å². The molecular weight excluding hydrogens is 206 g/mol. The van der Waals surface area contributed by atoms with Crippen molar-refractivity contribution in [2.24, 2.45) is 0 Å². The van der Waals surface area contributed by atoms with Gasteiger partial charge in [0.25, 0.3) is 0 Å². The highest BCUT2D eigenvalue weighted by atomic mass is 32.1. The Labute approximate surface area is 93.2 Å². The second kappa shape index (κ2) is 4.51. The first-order valence-electron chi connectivity index (χ1n) is 4.82. The summed E-state index contributed by atoms with van der Waals surface area (Å²) >= 11 is 1.73. The lowest BCUT2D eigenvalue weighted by Gasteiger charge is -2.00. The van der Waals surface area contributed by atoms with E-state index in [9.17, 15) is 0 Å². The van der Waals surface area contributed by atoms with Crippen molar-refractivity contribution in [1.29, 1.82) is 0 Å². The predicted octanol–water partition coefficient (Wildman–Crippen LogP) is 2.23. The van der Waals surface area contributed by atoms with E-state index in [-0.39, 0.29) is 0 Å². The zero-order valence-corrected chi connectivity index (χ0v) is 9.64. The van der Waals surface area contributed by atoms with E-state index in [1.165, 1.54) is 10.4 Å². The molecule has 0 spiro atoms. The summed E-state index contributed by atoms with van der Waals surface area (Å²) in [6.45, 7) is 2.84. The van der Waals surface area contributed by atoms with Crippen molar-refractivity contribution in [2.45, 2.75) is 13.5 Å². The van der Waals surface area contributed by atoms with E-state index >= 15 is 0 Å². The molecule has 0 aliphatic carbocycles. The molecule has 0 aliphatic heterocycles. The van der Waals surface area contributed by atoms with Crippen LogP contribution >= 0.6 is 11.3 Å². The van der Waals surface area contributed by atoms with Crippen molar-refractivity contribution < 1.29 is 0 Å². The molecule has 0 amide bonds. The predicted molar refractivity (Wildman–Crippen MR) is 62.8 cm³/mol. The quantitative estimate of drug-likeness (QED) is 0.860. The van der Waals surface area contributed by atoms with Crippen LogP contribution in [0.1, 0.15) is 10.7 Å². The van der Waals surface area contributed by atoms with E-state index in [2.05, 4.69) is 15.3 Å². The number of rotatable bonds is 3. The smallest absolute Gasteiger partial charge is 0.0904 e. The van der Waals surface area contributed by atoms with Crippen molar-refractivity contribution in [3.63, 3.8) is 0 Å². The summed E-state index contributed by atoms with van der Waals surface area (Å²) in [5, 5.41) is 4.24. The fourth-order valence-corrected chi connectivity index (χ4v) is 2.43. The van der Waals surface area contributed by atoms with Crippen LogP contribution in [0.25, 0.3) is 10.4 Å². The van der Waals surface area contributed by atoms with Crippen LogP contribution in [0, 0.1) is 6.92 Å². The van der Waals surface area contributed by atoms with Gasteiger partial charge in [-0.05, 0) is 31.7 Å². The Hall–Kier alpha value is -1.26. The summed E-state index contributed by atoms with van der Waals surface area (Å²) in [5.41, 5.74) is 2.31. The van der Waals surface area contributed by atoms with Gasteiger partial charge in [-0.15, -0.1) is 11.3 Å². The van der Waals surface area contributed by atoms with Crippen molar-refractivity contribution in [3.8, 4) is 10.4 Å². The molecule has 0 bridgehead atoms. The van der Waals surface area contributed by atoms with Crippen LogP contribution in [0.15, 0.2) is 24.5 Å². The molecule has 2 heterocycles. The summed E-state index contributed by atoms with van der Waals surface area (Å²) in [5.74, 6) is 0. The Bertz CT molecular complexity index is 436. The Kier molecular flexibility index (Phi) is 3.08. The first kappa shape index (κ1) is 10.3. The molecule has 0 saturated carbocycles. The van der Waals surface area contributed by atoms with Gasteiger partial charge in [0.05, 0.1) is 15.6 Å². The third kappa shape index (κ3) is 2.22. The Morgan fingerprint density at radius 2 is 2.07 bits per heavy atom. The lowest BCUT2D eigenvalue weighted by atomic mass is 10.2. The molecule has 1 N–H and O–H groups in total. The van der Waals surface area contributed by atoms with Crippen LogP contribution in [0.2, 0.25) is 0 Å². The second-order valence-electron chi connectivity index (χ2n) is 3.27. The van der Waals surface area contributed by atoms with Crippen LogP contribution in [-0.2, 0) is 6.54 Å². The standard InChI is InChI=1S/C11H13N3S/c1-8-14-10(7-12-2)11(15-8)9-3-5-13-6-4-9/h3-6,12H,7H2,1-2H3. The molecule has 4 heteroatoms. The van der Waals surface area contributed by atoms with Gasteiger partial charge in [0.2, 0.25) is 0 Å². The molecule has 3 nitrogen and oxygen atoms in total. The van der Waals surface area contributed by atoms with E-state index in [4.69, 9.17) is 0 Å². The summed E-state index contributed by atoms with van der Waals surface area (Å²) < 4.78 is 0. The maximum Gasteiger partial charge on any atom is 0.0904 e. The molecule has 2 aromatic rings. The van der Waals surface area contributed by atoms with Gasteiger partial charge in [0.1, 0.15) is 0 Å². The topological polar surface area (TPSA) is 37.8 Å². The average Bonchev–Trinajstić information content (AvgIpc) is 2.62. The molecule has 15 heavy (non-hydrogen) atoms. The lowest BCUT2D eigenvalue weighted by Crippen LogP contribution is -2.06. The molecule has 0 fully saturated rings. The van der Waals surface area contributed by atoms with Crippen molar-refractivity contribution >= 4 is 11.3 Å². The Morgan fingerprint density at radius 3 is 2.73 bits per heavy atom. The number of pyridine rings is 1. The third-order valence-corrected chi connectivity index (χ3v) is 3.15. The third-order valence-electron chi connectivity index (χ3n) is 2.09. The van der Waals surface area contributed by atoms with Gasteiger partial charge in [-0.25, -0.2) is 4.98 Å². The fourth-order valence-electron chi connectivity index (χ4n) is 1.49. The summed E-state index contributed by atoms with van der Waals surface area (Å²) in [7, 11) is 1.94. The molecule has 0 unspecified atom stereocenters. The molecule has 78 valence electrons. The number of hydrogen-bond acceptors (Lipinski definition) is 4.